The molecular weight excluding hydrogens is 150 g/mol. The van der Waals surface area contributed by atoms with E-state index in [1.807, 2.05) is 0 Å². The van der Waals surface area contributed by atoms with E-state index in [1.54, 1.807) is 0 Å². The van der Waals surface area contributed by atoms with Gasteiger partial charge in [-0.2, -0.15) is 0 Å². The molecule has 0 aromatic heterocycles. The van der Waals surface area contributed by atoms with Crippen LogP contribution in [-0.4, -0.2) is 24.3 Å². The van der Waals surface area contributed by atoms with Crippen LogP contribution in [0.15, 0.2) is 0 Å². The van der Waals surface area contributed by atoms with E-state index in [4.69, 9.17) is 5.11 Å². The van der Waals surface area contributed by atoms with Crippen LogP contribution in [0.1, 0.15) is 46.0 Å². The van der Waals surface area contributed by atoms with Gasteiger partial charge in [0.15, 0.2) is 0 Å². The highest BCUT2D eigenvalue weighted by molar-refractivity contribution is 4.62. The van der Waals surface area contributed by atoms with Crippen molar-refractivity contribution >= 4 is 0 Å². The molecule has 2 N–H and O–H groups in total. The largest absolute Gasteiger partial charge is 0.395 e. The van der Waals surface area contributed by atoms with Crippen molar-refractivity contribution in [3.8, 4) is 0 Å². The van der Waals surface area contributed by atoms with E-state index in [-0.39, 0.29) is 6.61 Å². The zero-order chi connectivity index (χ0) is 9.23. The summed E-state index contributed by atoms with van der Waals surface area (Å²) in [7, 11) is 0. The number of unbranched alkanes of at least 4 members (excludes halogenated alkanes) is 3. The smallest absolute Gasteiger partial charge is 0.0584 e. The highest BCUT2D eigenvalue weighted by atomic mass is 16.3. The Hall–Kier alpha value is -0.0800. The van der Waals surface area contributed by atoms with Gasteiger partial charge in [-0.3, -0.25) is 0 Å². The number of rotatable bonds is 8. The second-order valence-electron chi connectivity index (χ2n) is 3.30. The summed E-state index contributed by atoms with van der Waals surface area (Å²) in [5, 5.41) is 12.2. The van der Waals surface area contributed by atoms with Crippen LogP contribution in [0.5, 0.6) is 0 Å². The summed E-state index contributed by atoms with van der Waals surface area (Å²) in [6.45, 7) is 5.64. The first kappa shape index (κ1) is 11.9. The molecule has 0 aromatic rings. The number of hydrogen-bond donors (Lipinski definition) is 2. The third-order valence-electron chi connectivity index (χ3n) is 2.18. The summed E-state index contributed by atoms with van der Waals surface area (Å²) < 4.78 is 0. The minimum absolute atomic E-state index is 0.268. The van der Waals surface area contributed by atoms with Gasteiger partial charge in [0.05, 0.1) is 6.61 Å². The lowest BCUT2D eigenvalue weighted by Crippen LogP contribution is -2.32. The molecule has 0 spiro atoms. The van der Waals surface area contributed by atoms with Gasteiger partial charge in [-0.25, -0.2) is 0 Å². The third-order valence-corrected chi connectivity index (χ3v) is 2.18. The van der Waals surface area contributed by atoms with Crippen molar-refractivity contribution in [3.63, 3.8) is 0 Å². The molecule has 0 aromatic carbocycles. The minimum Gasteiger partial charge on any atom is -0.395 e. The Bertz CT molecular complexity index is 81.9. The van der Waals surface area contributed by atoms with Crippen molar-refractivity contribution in [3.05, 3.63) is 0 Å². The molecule has 0 saturated carbocycles. The molecule has 0 radical (unpaired) electrons. The molecule has 0 rings (SSSR count). The maximum absolute atomic E-state index is 8.87. The second kappa shape index (κ2) is 9.01. The Morgan fingerprint density at radius 2 is 1.92 bits per heavy atom. The van der Waals surface area contributed by atoms with E-state index in [1.165, 1.54) is 25.7 Å². The summed E-state index contributed by atoms with van der Waals surface area (Å²) >= 11 is 0. The Morgan fingerprint density at radius 1 is 1.17 bits per heavy atom. The molecule has 0 bridgehead atoms. The molecule has 0 aliphatic heterocycles. The predicted octanol–water partition coefficient (Wildman–Crippen LogP) is 1.93. The molecule has 0 fully saturated rings. The minimum atomic E-state index is 0.268. The average Bonchev–Trinajstić information content (AvgIpc) is 2.11. The van der Waals surface area contributed by atoms with Gasteiger partial charge in [0.25, 0.3) is 0 Å². The number of aliphatic hydroxyl groups is 1. The first-order chi connectivity index (χ1) is 5.85. The standard InChI is InChI=1S/C10H23NO/c1-3-5-6-7-8-11-10(4-2)9-12/h10-12H,3-9H2,1-2H3. The molecule has 1 atom stereocenters. The van der Waals surface area contributed by atoms with Gasteiger partial charge < -0.3 is 10.4 Å². The summed E-state index contributed by atoms with van der Waals surface area (Å²) in [4.78, 5) is 0. The molecule has 0 aliphatic carbocycles. The van der Waals surface area contributed by atoms with Crippen LogP contribution < -0.4 is 5.32 Å². The Morgan fingerprint density at radius 3 is 2.42 bits per heavy atom. The molecule has 74 valence electrons. The third kappa shape index (κ3) is 6.62. The van der Waals surface area contributed by atoms with Gasteiger partial charge >= 0.3 is 0 Å². The fourth-order valence-electron chi connectivity index (χ4n) is 1.20. The number of hydrogen-bond acceptors (Lipinski definition) is 2. The van der Waals surface area contributed by atoms with Crippen molar-refractivity contribution in [2.75, 3.05) is 13.2 Å². The van der Waals surface area contributed by atoms with Gasteiger partial charge in [-0.15, -0.1) is 0 Å². The fourth-order valence-corrected chi connectivity index (χ4v) is 1.20. The second-order valence-corrected chi connectivity index (χ2v) is 3.30. The highest BCUT2D eigenvalue weighted by Crippen LogP contribution is 1.98. The monoisotopic (exact) mass is 173 g/mol. The maximum Gasteiger partial charge on any atom is 0.0584 e. The quantitative estimate of drug-likeness (QED) is 0.550. The lowest BCUT2D eigenvalue weighted by Gasteiger charge is -2.13. The zero-order valence-corrected chi connectivity index (χ0v) is 8.47. The van der Waals surface area contributed by atoms with Crippen LogP contribution in [0.3, 0.4) is 0 Å². The summed E-state index contributed by atoms with van der Waals surface area (Å²) in [5.74, 6) is 0. The van der Waals surface area contributed by atoms with Crippen LogP contribution in [0.2, 0.25) is 0 Å². The van der Waals surface area contributed by atoms with Gasteiger partial charge in [0.1, 0.15) is 0 Å². The van der Waals surface area contributed by atoms with Crippen LogP contribution in [-0.2, 0) is 0 Å². The summed E-state index contributed by atoms with van der Waals surface area (Å²) in [6.07, 6.45) is 6.19. The van der Waals surface area contributed by atoms with Crippen LogP contribution in [0, 0.1) is 0 Å². The molecule has 1 unspecified atom stereocenters. The van der Waals surface area contributed by atoms with Crippen molar-refractivity contribution in [2.24, 2.45) is 0 Å². The molecular formula is C10H23NO. The number of aliphatic hydroxyl groups excluding tert-OH is 1. The van der Waals surface area contributed by atoms with Crippen LogP contribution >= 0.6 is 0 Å². The van der Waals surface area contributed by atoms with Gasteiger partial charge in [-0.1, -0.05) is 33.1 Å². The normalized spacial score (nSPS) is 13.2. The van der Waals surface area contributed by atoms with Crippen LogP contribution in [0.25, 0.3) is 0 Å². The van der Waals surface area contributed by atoms with E-state index < -0.39 is 0 Å². The van der Waals surface area contributed by atoms with Crippen molar-refractivity contribution < 1.29 is 5.11 Å². The van der Waals surface area contributed by atoms with E-state index >= 15 is 0 Å². The summed E-state index contributed by atoms with van der Waals surface area (Å²) in [6, 6.07) is 0.312. The van der Waals surface area contributed by atoms with E-state index in [0.717, 1.165) is 13.0 Å². The number of nitrogens with one attached hydrogen (secondary N) is 1. The van der Waals surface area contributed by atoms with E-state index in [9.17, 15) is 0 Å². The maximum atomic E-state index is 8.87. The Labute approximate surface area is 76.4 Å². The van der Waals surface area contributed by atoms with E-state index in [2.05, 4.69) is 19.2 Å². The van der Waals surface area contributed by atoms with Gasteiger partial charge in [0.2, 0.25) is 0 Å². The van der Waals surface area contributed by atoms with E-state index in [0.29, 0.717) is 6.04 Å². The van der Waals surface area contributed by atoms with Gasteiger partial charge in [0, 0.05) is 6.04 Å². The van der Waals surface area contributed by atoms with Crippen LogP contribution in [0.4, 0.5) is 0 Å². The van der Waals surface area contributed by atoms with Crippen molar-refractivity contribution in [1.82, 2.24) is 5.32 Å². The molecule has 12 heavy (non-hydrogen) atoms. The van der Waals surface area contributed by atoms with Gasteiger partial charge in [-0.05, 0) is 19.4 Å². The molecule has 0 aliphatic rings. The topological polar surface area (TPSA) is 32.3 Å². The molecule has 2 nitrogen and oxygen atoms in total. The molecule has 0 heterocycles. The lowest BCUT2D eigenvalue weighted by molar-refractivity contribution is 0.238. The highest BCUT2D eigenvalue weighted by Gasteiger charge is 2.00. The SMILES string of the molecule is CCCCCCNC(CC)CO. The van der Waals surface area contributed by atoms with Crippen molar-refractivity contribution in [2.45, 2.75) is 52.0 Å². The summed E-state index contributed by atoms with van der Waals surface area (Å²) in [5.41, 5.74) is 0. The first-order valence-electron chi connectivity index (χ1n) is 5.19. The Kier molecular flexibility index (Phi) is 8.95. The zero-order valence-electron chi connectivity index (χ0n) is 8.47. The molecule has 0 amide bonds. The molecule has 2 heteroatoms. The Balaban J connectivity index is 3.06. The van der Waals surface area contributed by atoms with Crippen molar-refractivity contribution in [1.29, 1.82) is 0 Å². The first-order valence-corrected chi connectivity index (χ1v) is 5.19. The predicted molar refractivity (Wildman–Crippen MR) is 53.3 cm³/mol. The average molecular weight is 173 g/mol. The molecule has 0 saturated heterocycles. The fraction of sp³-hybridized carbons (Fsp3) is 1.00. The lowest BCUT2D eigenvalue weighted by atomic mass is 10.2.